The summed E-state index contributed by atoms with van der Waals surface area (Å²) >= 11 is 5.14. The molecule has 7 heteroatoms. The van der Waals surface area contributed by atoms with Gasteiger partial charge in [0.05, 0.1) is 16.6 Å². The van der Waals surface area contributed by atoms with Gasteiger partial charge in [-0.2, -0.15) is 13.2 Å². The molecule has 0 saturated carbocycles. The van der Waals surface area contributed by atoms with Crippen LogP contribution >= 0.6 is 12.2 Å². The zero-order valence-electron chi connectivity index (χ0n) is 10.4. The molecule has 1 heterocycles. The van der Waals surface area contributed by atoms with Crippen molar-refractivity contribution in [1.29, 1.82) is 0 Å². The maximum atomic E-state index is 13.4. The number of fused-ring (bicyclic) bond motifs is 1. The van der Waals surface area contributed by atoms with Crippen LogP contribution in [0, 0.1) is 10.6 Å². The fourth-order valence-electron chi connectivity index (χ4n) is 2.18. The van der Waals surface area contributed by atoms with E-state index in [4.69, 9.17) is 12.2 Å². The molecule has 108 valence electrons. The molecule has 0 aliphatic heterocycles. The Kier molecular flexibility index (Phi) is 3.09. The van der Waals surface area contributed by atoms with Crippen LogP contribution in [0.3, 0.4) is 0 Å². The summed E-state index contributed by atoms with van der Waals surface area (Å²) in [5.74, 6) is -1.31. The Morgan fingerprint density at radius 3 is 2.48 bits per heavy atom. The minimum absolute atomic E-state index is 0.158. The molecule has 3 rings (SSSR count). The van der Waals surface area contributed by atoms with Gasteiger partial charge < -0.3 is 4.98 Å². The normalized spacial score (nSPS) is 12.0. The smallest absolute Gasteiger partial charge is 0.330 e. The molecule has 0 fully saturated rings. The molecule has 0 amide bonds. The molecule has 0 bridgehead atoms. The first-order chi connectivity index (χ1) is 9.88. The molecule has 0 aliphatic carbocycles. The highest BCUT2D eigenvalue weighted by Crippen LogP contribution is 2.33. The second kappa shape index (κ2) is 4.70. The Balaban J connectivity index is 2.29. The molecule has 0 aliphatic rings. The van der Waals surface area contributed by atoms with Gasteiger partial charge in [-0.3, -0.25) is 4.57 Å². The third-order valence-electron chi connectivity index (χ3n) is 3.10. The van der Waals surface area contributed by atoms with Gasteiger partial charge in [-0.1, -0.05) is 12.1 Å². The summed E-state index contributed by atoms with van der Waals surface area (Å²) in [6.07, 6.45) is -4.76. The van der Waals surface area contributed by atoms with Crippen molar-refractivity contribution in [2.45, 2.75) is 6.18 Å². The SMILES string of the molecule is Fc1ccc(-n2c(=S)[nH]c3ccccc32)cc1C(F)(F)F. The molecular formula is C14H8F4N2S. The minimum atomic E-state index is -4.76. The summed E-state index contributed by atoms with van der Waals surface area (Å²) in [5, 5.41) is 0. The predicted molar refractivity (Wildman–Crippen MR) is 73.4 cm³/mol. The summed E-state index contributed by atoms with van der Waals surface area (Å²) in [4.78, 5) is 2.90. The summed E-state index contributed by atoms with van der Waals surface area (Å²) < 4.78 is 53.5. The third kappa shape index (κ3) is 2.33. The second-order valence-corrected chi connectivity index (χ2v) is 4.83. The van der Waals surface area contributed by atoms with Crippen LogP contribution in [-0.2, 0) is 6.18 Å². The van der Waals surface area contributed by atoms with Gasteiger partial charge in [-0.25, -0.2) is 4.39 Å². The number of para-hydroxylation sites is 2. The van der Waals surface area contributed by atoms with E-state index in [1.165, 1.54) is 10.6 Å². The Morgan fingerprint density at radius 1 is 1.05 bits per heavy atom. The van der Waals surface area contributed by atoms with E-state index in [0.29, 0.717) is 11.0 Å². The van der Waals surface area contributed by atoms with Crippen molar-refractivity contribution in [2.24, 2.45) is 0 Å². The Labute approximate surface area is 121 Å². The van der Waals surface area contributed by atoms with Crippen LogP contribution in [0.4, 0.5) is 17.6 Å². The van der Waals surface area contributed by atoms with Crippen LogP contribution < -0.4 is 0 Å². The number of nitrogens with one attached hydrogen (secondary N) is 1. The largest absolute Gasteiger partial charge is 0.419 e. The van der Waals surface area contributed by atoms with Crippen LogP contribution in [0.5, 0.6) is 0 Å². The number of rotatable bonds is 1. The van der Waals surface area contributed by atoms with Crippen molar-refractivity contribution in [3.63, 3.8) is 0 Å². The topological polar surface area (TPSA) is 20.7 Å². The number of hydrogen-bond donors (Lipinski definition) is 1. The lowest BCUT2D eigenvalue weighted by atomic mass is 10.1. The van der Waals surface area contributed by atoms with Crippen molar-refractivity contribution in [3.8, 4) is 5.69 Å². The monoisotopic (exact) mass is 312 g/mol. The lowest BCUT2D eigenvalue weighted by Gasteiger charge is -2.11. The standard InChI is InChI=1S/C14H8F4N2S/c15-10-6-5-8(7-9(10)14(16,17)18)20-12-4-2-1-3-11(12)19-13(20)21/h1-7H,(H,19,21). The molecule has 0 radical (unpaired) electrons. The average molecular weight is 312 g/mol. The maximum Gasteiger partial charge on any atom is 0.419 e. The zero-order valence-corrected chi connectivity index (χ0v) is 11.2. The lowest BCUT2D eigenvalue weighted by molar-refractivity contribution is -0.140. The van der Waals surface area contributed by atoms with Gasteiger partial charge in [-0.15, -0.1) is 0 Å². The number of aromatic nitrogens is 2. The van der Waals surface area contributed by atoms with E-state index in [1.54, 1.807) is 24.3 Å². The zero-order chi connectivity index (χ0) is 15.2. The summed E-state index contributed by atoms with van der Waals surface area (Å²) in [6, 6.07) is 9.82. The second-order valence-electron chi connectivity index (χ2n) is 4.44. The number of imidazole rings is 1. The number of benzene rings is 2. The summed E-state index contributed by atoms with van der Waals surface area (Å²) in [6.45, 7) is 0. The molecule has 0 spiro atoms. The Bertz CT molecular complexity index is 877. The quantitative estimate of drug-likeness (QED) is 0.503. The first kappa shape index (κ1) is 13.8. The molecule has 1 aromatic heterocycles. The number of alkyl halides is 3. The first-order valence-corrected chi connectivity index (χ1v) is 6.35. The van der Waals surface area contributed by atoms with Gasteiger partial charge in [0, 0.05) is 5.69 Å². The van der Waals surface area contributed by atoms with Gasteiger partial charge in [-0.05, 0) is 42.5 Å². The van der Waals surface area contributed by atoms with E-state index in [9.17, 15) is 17.6 Å². The molecule has 21 heavy (non-hydrogen) atoms. The highest BCUT2D eigenvalue weighted by atomic mass is 32.1. The molecular weight excluding hydrogens is 304 g/mol. The Hall–Kier alpha value is -2.15. The first-order valence-electron chi connectivity index (χ1n) is 5.95. The van der Waals surface area contributed by atoms with Crippen LogP contribution in [0.2, 0.25) is 0 Å². The summed E-state index contributed by atoms with van der Waals surface area (Å²) in [5.41, 5.74) is 0.168. The Morgan fingerprint density at radius 2 is 1.76 bits per heavy atom. The van der Waals surface area contributed by atoms with Crippen LogP contribution in [0.1, 0.15) is 5.56 Å². The van der Waals surface area contributed by atoms with Crippen molar-refractivity contribution < 1.29 is 17.6 Å². The highest BCUT2D eigenvalue weighted by Gasteiger charge is 2.34. The van der Waals surface area contributed by atoms with Gasteiger partial charge in [0.1, 0.15) is 5.82 Å². The molecule has 0 unspecified atom stereocenters. The van der Waals surface area contributed by atoms with E-state index < -0.39 is 17.6 Å². The van der Waals surface area contributed by atoms with E-state index in [2.05, 4.69) is 4.98 Å². The number of H-pyrrole nitrogens is 1. The maximum absolute atomic E-state index is 13.4. The van der Waals surface area contributed by atoms with Gasteiger partial charge in [0.15, 0.2) is 4.77 Å². The number of hydrogen-bond acceptors (Lipinski definition) is 1. The minimum Gasteiger partial charge on any atom is -0.330 e. The molecule has 2 nitrogen and oxygen atoms in total. The lowest BCUT2D eigenvalue weighted by Crippen LogP contribution is -2.09. The molecule has 0 atom stereocenters. The van der Waals surface area contributed by atoms with Gasteiger partial charge in [0.25, 0.3) is 0 Å². The fraction of sp³-hybridized carbons (Fsp3) is 0.0714. The predicted octanol–water partition coefficient (Wildman–Crippen LogP) is 4.85. The molecule has 0 saturated heterocycles. The summed E-state index contributed by atoms with van der Waals surface area (Å²) in [7, 11) is 0. The van der Waals surface area contributed by atoms with Crippen molar-refractivity contribution >= 4 is 23.3 Å². The average Bonchev–Trinajstić information content (AvgIpc) is 2.74. The van der Waals surface area contributed by atoms with Crippen molar-refractivity contribution in [3.05, 3.63) is 58.6 Å². The molecule has 2 aromatic carbocycles. The molecule has 1 N–H and O–H groups in total. The van der Waals surface area contributed by atoms with E-state index in [-0.39, 0.29) is 10.5 Å². The van der Waals surface area contributed by atoms with Crippen molar-refractivity contribution in [1.82, 2.24) is 9.55 Å². The fourth-order valence-corrected chi connectivity index (χ4v) is 2.49. The number of aromatic amines is 1. The third-order valence-corrected chi connectivity index (χ3v) is 3.39. The van der Waals surface area contributed by atoms with Crippen LogP contribution in [0.15, 0.2) is 42.5 Å². The number of nitrogens with zero attached hydrogens (tertiary/aromatic N) is 1. The highest BCUT2D eigenvalue weighted by molar-refractivity contribution is 7.71. The van der Waals surface area contributed by atoms with Crippen molar-refractivity contribution in [2.75, 3.05) is 0 Å². The number of halogens is 4. The van der Waals surface area contributed by atoms with E-state index in [1.807, 2.05) is 0 Å². The van der Waals surface area contributed by atoms with E-state index >= 15 is 0 Å². The molecule has 3 aromatic rings. The van der Waals surface area contributed by atoms with Gasteiger partial charge in [0.2, 0.25) is 0 Å². The van der Waals surface area contributed by atoms with Gasteiger partial charge >= 0.3 is 6.18 Å². The van der Waals surface area contributed by atoms with E-state index in [0.717, 1.165) is 12.1 Å². The van der Waals surface area contributed by atoms with Crippen LogP contribution in [-0.4, -0.2) is 9.55 Å². The van der Waals surface area contributed by atoms with Crippen LogP contribution in [0.25, 0.3) is 16.7 Å².